The van der Waals surface area contributed by atoms with Crippen LogP contribution >= 0.6 is 0 Å². The molecule has 0 amide bonds. The number of rotatable bonds is 5. The molecule has 0 saturated carbocycles. The van der Waals surface area contributed by atoms with Crippen molar-refractivity contribution in [2.24, 2.45) is 0 Å². The van der Waals surface area contributed by atoms with E-state index < -0.39 is 5.97 Å². The molecule has 0 unspecified atom stereocenters. The van der Waals surface area contributed by atoms with Gasteiger partial charge in [0.15, 0.2) is 0 Å². The number of carbonyl (C=O) groups is 1. The Balaban J connectivity index is 1.76. The van der Waals surface area contributed by atoms with Gasteiger partial charge in [0, 0.05) is 6.42 Å². The van der Waals surface area contributed by atoms with Gasteiger partial charge in [-0.2, -0.15) is 0 Å². The van der Waals surface area contributed by atoms with Crippen molar-refractivity contribution in [1.29, 1.82) is 0 Å². The van der Waals surface area contributed by atoms with Crippen LogP contribution in [0.5, 0.6) is 5.75 Å². The Kier molecular flexibility index (Phi) is 3.27. The molecule has 3 heteroatoms. The number of benzene rings is 4. The molecule has 4 aromatic rings. The number of aliphatic carboxylic acids is 1. The van der Waals surface area contributed by atoms with E-state index in [-0.39, 0.29) is 6.42 Å². The van der Waals surface area contributed by atoms with Crippen LogP contribution in [0.1, 0.15) is 12.8 Å². The molecule has 0 aromatic heterocycles. The molecule has 114 valence electrons. The third-order valence-electron chi connectivity index (χ3n) is 4.24. The molecule has 4 rings (SSSR count). The average molecular weight is 304 g/mol. The molecule has 0 heterocycles. The number of carboxylic acid groups (broad SMARTS) is 1. The van der Waals surface area contributed by atoms with Gasteiger partial charge in [0.1, 0.15) is 5.75 Å². The summed E-state index contributed by atoms with van der Waals surface area (Å²) in [4.78, 5) is 10.6. The summed E-state index contributed by atoms with van der Waals surface area (Å²) in [6.45, 7) is 0.416. The molecule has 0 radical (unpaired) electrons. The second-order valence-electron chi connectivity index (χ2n) is 5.80. The Bertz CT molecular complexity index is 940. The fourth-order valence-electron chi connectivity index (χ4n) is 3.22. The SMILES string of the molecule is O=C(O)CCCOc1cc2ccc3cccc4ccc(c1)c2c34. The highest BCUT2D eigenvalue weighted by molar-refractivity contribution is 6.23. The van der Waals surface area contributed by atoms with Crippen LogP contribution in [0.15, 0.2) is 54.6 Å². The largest absolute Gasteiger partial charge is 0.494 e. The van der Waals surface area contributed by atoms with Crippen LogP contribution in [0.2, 0.25) is 0 Å². The van der Waals surface area contributed by atoms with Gasteiger partial charge in [0.05, 0.1) is 6.61 Å². The maximum atomic E-state index is 10.6. The van der Waals surface area contributed by atoms with E-state index in [1.165, 1.54) is 21.5 Å². The highest BCUT2D eigenvalue weighted by Crippen LogP contribution is 2.36. The lowest BCUT2D eigenvalue weighted by atomic mass is 9.94. The van der Waals surface area contributed by atoms with Gasteiger partial charge in [-0.25, -0.2) is 0 Å². The van der Waals surface area contributed by atoms with E-state index >= 15 is 0 Å². The second-order valence-corrected chi connectivity index (χ2v) is 5.80. The molecule has 23 heavy (non-hydrogen) atoms. The number of carboxylic acids is 1. The van der Waals surface area contributed by atoms with Crippen LogP contribution in [0, 0.1) is 0 Å². The van der Waals surface area contributed by atoms with Crippen LogP contribution < -0.4 is 4.74 Å². The third kappa shape index (κ3) is 2.44. The van der Waals surface area contributed by atoms with E-state index in [9.17, 15) is 4.79 Å². The lowest BCUT2D eigenvalue weighted by molar-refractivity contribution is -0.137. The first-order valence-electron chi connectivity index (χ1n) is 7.74. The molecule has 3 nitrogen and oxygen atoms in total. The number of ether oxygens (including phenoxy) is 1. The molecule has 0 aliphatic carbocycles. The molecule has 0 bridgehead atoms. The van der Waals surface area contributed by atoms with Crippen LogP contribution in [0.3, 0.4) is 0 Å². The number of hydrogen-bond acceptors (Lipinski definition) is 2. The molecule has 0 atom stereocenters. The predicted molar refractivity (Wildman–Crippen MR) is 92.5 cm³/mol. The monoisotopic (exact) mass is 304 g/mol. The first-order valence-corrected chi connectivity index (χ1v) is 7.74. The quantitative estimate of drug-likeness (QED) is 0.424. The first-order chi connectivity index (χ1) is 11.2. The van der Waals surface area contributed by atoms with Crippen molar-refractivity contribution in [3.8, 4) is 5.75 Å². The summed E-state index contributed by atoms with van der Waals surface area (Å²) >= 11 is 0. The summed E-state index contributed by atoms with van der Waals surface area (Å²) in [6, 6.07) is 18.9. The Labute approximate surface area is 133 Å². The smallest absolute Gasteiger partial charge is 0.303 e. The van der Waals surface area contributed by atoms with Gasteiger partial charge in [-0.15, -0.1) is 0 Å². The highest BCUT2D eigenvalue weighted by atomic mass is 16.5. The van der Waals surface area contributed by atoms with Gasteiger partial charge in [0.2, 0.25) is 0 Å². The van der Waals surface area contributed by atoms with E-state index in [0.717, 1.165) is 16.5 Å². The second kappa shape index (κ2) is 5.43. The Morgan fingerprint density at radius 3 is 2.04 bits per heavy atom. The molecular weight excluding hydrogens is 288 g/mol. The Hall–Kier alpha value is -2.81. The van der Waals surface area contributed by atoms with Crippen molar-refractivity contribution in [3.63, 3.8) is 0 Å². The minimum Gasteiger partial charge on any atom is -0.494 e. The Morgan fingerprint density at radius 1 is 0.870 bits per heavy atom. The van der Waals surface area contributed by atoms with Crippen LogP contribution in [-0.2, 0) is 4.79 Å². The van der Waals surface area contributed by atoms with Crippen molar-refractivity contribution in [1.82, 2.24) is 0 Å². The normalized spacial score (nSPS) is 11.5. The van der Waals surface area contributed by atoms with Gasteiger partial charge >= 0.3 is 5.97 Å². The lowest BCUT2D eigenvalue weighted by Crippen LogP contribution is -2.02. The fraction of sp³-hybridized carbons (Fsp3) is 0.150. The van der Waals surface area contributed by atoms with E-state index in [2.05, 4.69) is 42.5 Å². The maximum absolute atomic E-state index is 10.6. The first kappa shape index (κ1) is 13.8. The maximum Gasteiger partial charge on any atom is 0.303 e. The van der Waals surface area contributed by atoms with Crippen LogP contribution in [-0.4, -0.2) is 17.7 Å². The van der Waals surface area contributed by atoms with E-state index in [1.807, 2.05) is 12.1 Å². The summed E-state index contributed by atoms with van der Waals surface area (Å²) < 4.78 is 5.74. The van der Waals surface area contributed by atoms with Gasteiger partial charge < -0.3 is 9.84 Å². The van der Waals surface area contributed by atoms with Gasteiger partial charge in [-0.3, -0.25) is 4.79 Å². The molecular formula is C20H16O3. The average Bonchev–Trinajstić information content (AvgIpc) is 2.56. The molecule has 0 aliphatic heterocycles. The van der Waals surface area contributed by atoms with Crippen LogP contribution in [0.4, 0.5) is 0 Å². The fourth-order valence-corrected chi connectivity index (χ4v) is 3.22. The van der Waals surface area contributed by atoms with E-state index in [0.29, 0.717) is 13.0 Å². The van der Waals surface area contributed by atoms with Crippen molar-refractivity contribution in [2.75, 3.05) is 6.61 Å². The molecule has 1 N–H and O–H groups in total. The van der Waals surface area contributed by atoms with E-state index in [4.69, 9.17) is 9.84 Å². The van der Waals surface area contributed by atoms with Crippen molar-refractivity contribution < 1.29 is 14.6 Å². The molecule has 0 spiro atoms. The molecule has 0 saturated heterocycles. The summed E-state index contributed by atoms with van der Waals surface area (Å²) in [6.07, 6.45) is 0.648. The summed E-state index contributed by atoms with van der Waals surface area (Å²) in [7, 11) is 0. The zero-order valence-electron chi connectivity index (χ0n) is 12.6. The topological polar surface area (TPSA) is 46.5 Å². The third-order valence-corrected chi connectivity index (χ3v) is 4.24. The predicted octanol–water partition coefficient (Wildman–Crippen LogP) is 4.83. The van der Waals surface area contributed by atoms with Gasteiger partial charge in [-0.05, 0) is 50.9 Å². The summed E-state index contributed by atoms with van der Waals surface area (Å²) in [5, 5.41) is 16.0. The zero-order chi connectivity index (χ0) is 15.8. The zero-order valence-corrected chi connectivity index (χ0v) is 12.6. The molecule has 4 aromatic carbocycles. The summed E-state index contributed by atoms with van der Waals surface area (Å²) in [5.74, 6) is 0.00501. The highest BCUT2D eigenvalue weighted by Gasteiger charge is 2.09. The standard InChI is InChI=1S/C20H16O3/c21-18(22)5-2-10-23-17-11-15-8-6-13-3-1-4-14-7-9-16(12-17)20(15)19(13)14/h1,3-4,6-9,11-12H,2,5,10H2,(H,21,22). The summed E-state index contributed by atoms with van der Waals surface area (Å²) in [5.41, 5.74) is 0. The number of hydrogen-bond donors (Lipinski definition) is 1. The Morgan fingerprint density at radius 2 is 1.43 bits per heavy atom. The van der Waals surface area contributed by atoms with Crippen molar-refractivity contribution in [2.45, 2.75) is 12.8 Å². The minimum atomic E-state index is -0.788. The molecule has 0 fully saturated rings. The minimum absolute atomic E-state index is 0.133. The van der Waals surface area contributed by atoms with Crippen LogP contribution in [0.25, 0.3) is 32.3 Å². The van der Waals surface area contributed by atoms with E-state index in [1.54, 1.807) is 0 Å². The lowest BCUT2D eigenvalue weighted by Gasteiger charge is -2.13. The van der Waals surface area contributed by atoms with Crippen molar-refractivity contribution in [3.05, 3.63) is 54.6 Å². The molecule has 0 aliphatic rings. The van der Waals surface area contributed by atoms with Gasteiger partial charge in [0.25, 0.3) is 0 Å². The van der Waals surface area contributed by atoms with Gasteiger partial charge in [-0.1, -0.05) is 42.5 Å². The van der Waals surface area contributed by atoms with Crippen molar-refractivity contribution >= 4 is 38.3 Å².